The van der Waals surface area contributed by atoms with Crippen molar-refractivity contribution < 1.29 is 9.59 Å². The van der Waals surface area contributed by atoms with Gasteiger partial charge in [-0.25, -0.2) is 0 Å². The van der Waals surface area contributed by atoms with Gasteiger partial charge in [-0.1, -0.05) is 29.3 Å². The van der Waals surface area contributed by atoms with Crippen LogP contribution in [0, 0.1) is 13.8 Å². The quantitative estimate of drug-likeness (QED) is 0.938. The molecule has 2 aromatic carbocycles. The first-order valence-electron chi connectivity index (χ1n) is 8.29. The van der Waals surface area contributed by atoms with Crippen molar-refractivity contribution in [2.45, 2.75) is 33.2 Å². The molecule has 0 bridgehead atoms. The Hall–Kier alpha value is -2.62. The van der Waals surface area contributed by atoms with Gasteiger partial charge in [0.2, 0.25) is 5.91 Å². The Labute approximate surface area is 142 Å². The van der Waals surface area contributed by atoms with E-state index in [9.17, 15) is 9.59 Å². The molecule has 0 atom stereocenters. The molecule has 124 valence electrons. The number of benzene rings is 2. The first-order valence-corrected chi connectivity index (χ1v) is 8.29. The predicted octanol–water partition coefficient (Wildman–Crippen LogP) is 3.36. The van der Waals surface area contributed by atoms with Crippen LogP contribution in [-0.4, -0.2) is 18.4 Å². The standard InChI is InChI=1S/C20H22N2O2/c1-14-10-15(2)12-17(11-14)20(24)21-13-16-5-7-18(8-6-16)22-9-3-4-19(22)23/h5-8,10-12H,3-4,9,13H2,1-2H3,(H,21,24). The third kappa shape index (κ3) is 3.65. The van der Waals surface area contributed by atoms with Gasteiger partial charge in [0, 0.05) is 30.8 Å². The van der Waals surface area contributed by atoms with Gasteiger partial charge in [-0.2, -0.15) is 0 Å². The second-order valence-electron chi connectivity index (χ2n) is 6.37. The fourth-order valence-electron chi connectivity index (χ4n) is 3.11. The predicted molar refractivity (Wildman–Crippen MR) is 95.1 cm³/mol. The van der Waals surface area contributed by atoms with Crippen LogP contribution in [0.2, 0.25) is 0 Å². The molecule has 2 aromatic rings. The maximum Gasteiger partial charge on any atom is 0.251 e. The van der Waals surface area contributed by atoms with Crippen LogP contribution in [0.1, 0.15) is 39.9 Å². The highest BCUT2D eigenvalue weighted by molar-refractivity contribution is 5.95. The lowest BCUT2D eigenvalue weighted by Crippen LogP contribution is -2.24. The molecular formula is C20H22N2O2. The topological polar surface area (TPSA) is 49.4 Å². The summed E-state index contributed by atoms with van der Waals surface area (Å²) in [5.41, 5.74) is 4.80. The van der Waals surface area contributed by atoms with E-state index >= 15 is 0 Å². The molecule has 4 nitrogen and oxygen atoms in total. The summed E-state index contributed by atoms with van der Waals surface area (Å²) in [6.45, 7) is 5.24. The normalized spacial score (nSPS) is 14.1. The van der Waals surface area contributed by atoms with Crippen LogP contribution < -0.4 is 10.2 Å². The van der Waals surface area contributed by atoms with Gasteiger partial charge in [-0.15, -0.1) is 0 Å². The van der Waals surface area contributed by atoms with Gasteiger partial charge in [-0.05, 0) is 50.1 Å². The smallest absolute Gasteiger partial charge is 0.251 e. The van der Waals surface area contributed by atoms with Crippen molar-refractivity contribution in [2.75, 3.05) is 11.4 Å². The van der Waals surface area contributed by atoms with Gasteiger partial charge >= 0.3 is 0 Å². The number of nitrogens with one attached hydrogen (secondary N) is 1. The zero-order valence-corrected chi connectivity index (χ0v) is 14.1. The number of rotatable bonds is 4. The summed E-state index contributed by atoms with van der Waals surface area (Å²) in [7, 11) is 0. The Morgan fingerprint density at radius 3 is 2.33 bits per heavy atom. The Morgan fingerprint density at radius 2 is 1.75 bits per heavy atom. The van der Waals surface area contributed by atoms with Gasteiger partial charge in [0.15, 0.2) is 0 Å². The molecule has 1 heterocycles. The molecule has 0 unspecified atom stereocenters. The lowest BCUT2D eigenvalue weighted by molar-refractivity contribution is -0.117. The second kappa shape index (κ2) is 6.87. The number of carbonyl (C=O) groups excluding carboxylic acids is 2. The summed E-state index contributed by atoms with van der Waals surface area (Å²) in [4.78, 5) is 25.9. The minimum absolute atomic E-state index is 0.0689. The summed E-state index contributed by atoms with van der Waals surface area (Å²) in [5.74, 6) is 0.117. The van der Waals surface area contributed by atoms with E-state index in [2.05, 4.69) is 11.4 Å². The van der Waals surface area contributed by atoms with E-state index in [0.29, 0.717) is 18.5 Å². The van der Waals surface area contributed by atoms with E-state index in [4.69, 9.17) is 0 Å². The zero-order valence-electron chi connectivity index (χ0n) is 14.1. The van der Waals surface area contributed by atoms with Crippen molar-refractivity contribution >= 4 is 17.5 Å². The number of anilines is 1. The average molecular weight is 322 g/mol. The average Bonchev–Trinajstić information content (AvgIpc) is 2.98. The third-order valence-electron chi connectivity index (χ3n) is 4.26. The Morgan fingerprint density at radius 1 is 1.08 bits per heavy atom. The molecule has 0 aromatic heterocycles. The highest BCUT2D eigenvalue weighted by Gasteiger charge is 2.21. The van der Waals surface area contributed by atoms with E-state index in [1.54, 1.807) is 0 Å². The maximum absolute atomic E-state index is 12.3. The number of hydrogen-bond donors (Lipinski definition) is 1. The molecule has 24 heavy (non-hydrogen) atoms. The van der Waals surface area contributed by atoms with E-state index in [0.717, 1.165) is 35.3 Å². The van der Waals surface area contributed by atoms with Gasteiger partial charge in [0.05, 0.1) is 0 Å². The number of hydrogen-bond acceptors (Lipinski definition) is 2. The largest absolute Gasteiger partial charge is 0.348 e. The van der Waals surface area contributed by atoms with E-state index in [1.807, 2.05) is 55.1 Å². The summed E-state index contributed by atoms with van der Waals surface area (Å²) in [6, 6.07) is 13.7. The van der Waals surface area contributed by atoms with Crippen LogP contribution in [0.3, 0.4) is 0 Å². The van der Waals surface area contributed by atoms with Gasteiger partial charge in [-0.3, -0.25) is 9.59 Å². The molecule has 1 N–H and O–H groups in total. The Balaban J connectivity index is 1.62. The van der Waals surface area contributed by atoms with E-state index in [1.165, 1.54) is 0 Å². The molecule has 4 heteroatoms. The fourth-order valence-corrected chi connectivity index (χ4v) is 3.11. The van der Waals surface area contributed by atoms with Crippen molar-refractivity contribution in [3.8, 4) is 0 Å². The molecule has 1 fully saturated rings. The highest BCUT2D eigenvalue weighted by Crippen LogP contribution is 2.21. The number of carbonyl (C=O) groups is 2. The number of nitrogens with zero attached hydrogens (tertiary/aromatic N) is 1. The Bertz CT molecular complexity index is 745. The monoisotopic (exact) mass is 322 g/mol. The van der Waals surface area contributed by atoms with Crippen molar-refractivity contribution in [2.24, 2.45) is 0 Å². The number of amides is 2. The SMILES string of the molecule is Cc1cc(C)cc(C(=O)NCc2ccc(N3CCCC3=O)cc2)c1. The van der Waals surface area contributed by atoms with E-state index in [-0.39, 0.29) is 11.8 Å². The first-order chi connectivity index (χ1) is 11.5. The second-order valence-corrected chi connectivity index (χ2v) is 6.37. The summed E-state index contributed by atoms with van der Waals surface area (Å²) in [5, 5.41) is 2.95. The minimum atomic E-state index is -0.0689. The molecule has 1 saturated heterocycles. The third-order valence-corrected chi connectivity index (χ3v) is 4.26. The lowest BCUT2D eigenvalue weighted by atomic mass is 10.1. The minimum Gasteiger partial charge on any atom is -0.348 e. The van der Waals surface area contributed by atoms with Gasteiger partial charge < -0.3 is 10.2 Å². The van der Waals surface area contributed by atoms with Gasteiger partial charge in [0.1, 0.15) is 0 Å². The van der Waals surface area contributed by atoms with E-state index < -0.39 is 0 Å². The first kappa shape index (κ1) is 16.2. The maximum atomic E-state index is 12.3. The van der Waals surface area contributed by atoms with Crippen LogP contribution in [0.4, 0.5) is 5.69 Å². The lowest BCUT2D eigenvalue weighted by Gasteiger charge is -2.16. The zero-order chi connectivity index (χ0) is 17.1. The summed E-state index contributed by atoms with van der Waals surface area (Å²) in [6.07, 6.45) is 1.56. The molecule has 1 aliphatic rings. The van der Waals surface area contributed by atoms with Gasteiger partial charge in [0.25, 0.3) is 5.91 Å². The van der Waals surface area contributed by atoms with Crippen molar-refractivity contribution in [3.63, 3.8) is 0 Å². The fraction of sp³-hybridized carbons (Fsp3) is 0.300. The molecule has 0 aliphatic carbocycles. The molecule has 3 rings (SSSR count). The van der Waals surface area contributed by atoms with Crippen LogP contribution in [0.15, 0.2) is 42.5 Å². The molecule has 0 spiro atoms. The summed E-state index contributed by atoms with van der Waals surface area (Å²) >= 11 is 0. The molecule has 0 saturated carbocycles. The number of aryl methyl sites for hydroxylation is 2. The van der Waals surface area contributed by atoms with Crippen molar-refractivity contribution in [1.29, 1.82) is 0 Å². The van der Waals surface area contributed by atoms with Crippen LogP contribution in [-0.2, 0) is 11.3 Å². The molecule has 1 aliphatic heterocycles. The van der Waals surface area contributed by atoms with Crippen LogP contribution >= 0.6 is 0 Å². The summed E-state index contributed by atoms with van der Waals surface area (Å²) < 4.78 is 0. The molecule has 2 amide bonds. The van der Waals surface area contributed by atoms with Crippen molar-refractivity contribution in [3.05, 3.63) is 64.7 Å². The van der Waals surface area contributed by atoms with Crippen LogP contribution in [0.25, 0.3) is 0 Å². The molecule has 0 radical (unpaired) electrons. The Kier molecular flexibility index (Phi) is 4.65. The highest BCUT2D eigenvalue weighted by atomic mass is 16.2. The van der Waals surface area contributed by atoms with Crippen LogP contribution in [0.5, 0.6) is 0 Å². The van der Waals surface area contributed by atoms with Crippen molar-refractivity contribution in [1.82, 2.24) is 5.32 Å². The molecular weight excluding hydrogens is 300 g/mol.